The highest BCUT2D eigenvalue weighted by atomic mass is 16.2. The highest BCUT2D eigenvalue weighted by Crippen LogP contribution is 2.34. The maximum Gasteiger partial charge on any atom is 0.329 e. The number of fused-ring (bicyclic) bond motifs is 1. The molecule has 0 radical (unpaired) electrons. The van der Waals surface area contributed by atoms with Crippen molar-refractivity contribution in [3.63, 3.8) is 0 Å². The maximum absolute atomic E-state index is 13.2. The van der Waals surface area contributed by atoms with Crippen molar-refractivity contribution in [3.8, 4) is 0 Å². The zero-order valence-electron chi connectivity index (χ0n) is 23.1. The number of imidazole rings is 1. The number of carbonyl (C=O) groups is 1. The molecule has 4 N–H and O–H groups in total. The number of carbonyl (C=O) groups excluding carboxylic acids is 1. The second kappa shape index (κ2) is 10.4. The molecule has 1 amide bonds. The van der Waals surface area contributed by atoms with Crippen LogP contribution in [0, 0.1) is 0 Å². The van der Waals surface area contributed by atoms with Gasteiger partial charge in [-0.25, -0.2) is 14.8 Å². The molecule has 4 heterocycles. The topological polar surface area (TPSA) is 123 Å². The van der Waals surface area contributed by atoms with Crippen LogP contribution in [0.3, 0.4) is 0 Å². The van der Waals surface area contributed by atoms with Crippen molar-refractivity contribution in [2.45, 2.75) is 44.1 Å². The molecule has 2 aromatic carbocycles. The largest absolute Gasteiger partial charge is 0.364 e. The molecular weight excluding hydrogens is 504 g/mol. The number of nitrogens with one attached hydrogen (secondary N) is 2. The normalized spacial score (nSPS) is 19.1. The molecular formula is C30H36N8O2. The van der Waals surface area contributed by atoms with E-state index in [1.54, 1.807) is 10.8 Å². The van der Waals surface area contributed by atoms with Crippen LogP contribution in [-0.4, -0.2) is 51.2 Å². The number of piperidine rings is 2. The number of amides is 1. The molecule has 0 saturated carbocycles. The summed E-state index contributed by atoms with van der Waals surface area (Å²) in [4.78, 5) is 36.7. The van der Waals surface area contributed by atoms with Gasteiger partial charge in [0, 0.05) is 25.8 Å². The van der Waals surface area contributed by atoms with E-state index < -0.39 is 5.91 Å². The lowest BCUT2D eigenvalue weighted by Crippen LogP contribution is -2.40. The summed E-state index contributed by atoms with van der Waals surface area (Å²) in [6, 6.07) is 16.2. The van der Waals surface area contributed by atoms with Gasteiger partial charge in [-0.05, 0) is 74.0 Å². The monoisotopic (exact) mass is 540 g/mol. The minimum Gasteiger partial charge on any atom is -0.364 e. The molecule has 0 bridgehead atoms. The molecule has 4 aromatic rings. The Morgan fingerprint density at radius 2 is 1.82 bits per heavy atom. The fourth-order valence-electron chi connectivity index (χ4n) is 6.21. The summed E-state index contributed by atoms with van der Waals surface area (Å²) >= 11 is 0. The van der Waals surface area contributed by atoms with Crippen LogP contribution in [0.5, 0.6) is 0 Å². The summed E-state index contributed by atoms with van der Waals surface area (Å²) in [6.07, 6.45) is 5.59. The molecule has 6 rings (SSSR count). The van der Waals surface area contributed by atoms with Gasteiger partial charge < -0.3 is 21.3 Å². The van der Waals surface area contributed by atoms with Crippen molar-refractivity contribution in [2.75, 3.05) is 36.4 Å². The molecule has 2 aromatic heterocycles. The van der Waals surface area contributed by atoms with E-state index in [4.69, 9.17) is 10.7 Å². The van der Waals surface area contributed by atoms with Crippen LogP contribution >= 0.6 is 0 Å². The number of primary amides is 1. The van der Waals surface area contributed by atoms with E-state index in [2.05, 4.69) is 39.6 Å². The maximum atomic E-state index is 13.2. The van der Waals surface area contributed by atoms with E-state index in [0.717, 1.165) is 62.0 Å². The smallest absolute Gasteiger partial charge is 0.329 e. The van der Waals surface area contributed by atoms with Crippen LogP contribution in [0.2, 0.25) is 0 Å². The third-order valence-electron chi connectivity index (χ3n) is 8.63. The van der Waals surface area contributed by atoms with Crippen LogP contribution in [0.4, 0.5) is 17.3 Å². The predicted molar refractivity (Wildman–Crippen MR) is 157 cm³/mol. The van der Waals surface area contributed by atoms with Gasteiger partial charge in [0.1, 0.15) is 5.82 Å². The molecule has 2 fully saturated rings. The fraction of sp³-hybridized carbons (Fsp3) is 0.400. The molecule has 10 heteroatoms. The van der Waals surface area contributed by atoms with Crippen molar-refractivity contribution in [2.24, 2.45) is 12.8 Å². The Hall–Kier alpha value is -4.18. The Morgan fingerprint density at radius 1 is 1.10 bits per heavy atom. The number of aromatic nitrogens is 4. The van der Waals surface area contributed by atoms with Gasteiger partial charge in [-0.15, -0.1) is 0 Å². The van der Waals surface area contributed by atoms with Crippen molar-refractivity contribution < 1.29 is 4.79 Å². The molecule has 208 valence electrons. The van der Waals surface area contributed by atoms with Gasteiger partial charge >= 0.3 is 5.69 Å². The Labute approximate surface area is 233 Å². The molecule has 1 unspecified atom stereocenters. The second-order valence-electron chi connectivity index (χ2n) is 11.2. The standard InChI is InChI=1S/C30H36N8O2/c1-30(13-15-32-16-14-30)20-9-11-21(12-10-20)34-28-26(27(31)39)33-18-25(35-28)37-17-5-6-22(19-37)38-24-8-4-3-7-23(24)36(2)29(38)40/h3-4,7-12,18,22,32H,5-6,13-17,19H2,1-2H3,(H2,31,39)(H,34,35). The fourth-order valence-corrected chi connectivity index (χ4v) is 6.21. The lowest BCUT2D eigenvalue weighted by atomic mass is 9.75. The minimum absolute atomic E-state index is 0.00901. The molecule has 10 nitrogen and oxygen atoms in total. The number of nitrogens with two attached hydrogens (primary N) is 1. The van der Waals surface area contributed by atoms with E-state index in [-0.39, 0.29) is 22.8 Å². The summed E-state index contributed by atoms with van der Waals surface area (Å²) in [5.74, 6) is 0.332. The first-order chi connectivity index (χ1) is 19.3. The Morgan fingerprint density at radius 3 is 2.55 bits per heavy atom. The molecule has 40 heavy (non-hydrogen) atoms. The molecule has 0 aliphatic carbocycles. The van der Waals surface area contributed by atoms with Crippen LogP contribution in [0.15, 0.2) is 59.5 Å². The quantitative estimate of drug-likeness (QED) is 0.342. The molecule has 0 spiro atoms. The van der Waals surface area contributed by atoms with E-state index in [1.165, 1.54) is 5.56 Å². The molecule has 2 aliphatic rings. The van der Waals surface area contributed by atoms with Crippen molar-refractivity contribution >= 4 is 34.3 Å². The number of hydrogen-bond donors (Lipinski definition) is 3. The lowest BCUT2D eigenvalue weighted by Gasteiger charge is -2.34. The van der Waals surface area contributed by atoms with Crippen molar-refractivity contribution in [1.82, 2.24) is 24.4 Å². The Balaban J connectivity index is 1.26. The van der Waals surface area contributed by atoms with Gasteiger partial charge in [0.15, 0.2) is 11.5 Å². The number of nitrogens with zero attached hydrogens (tertiary/aromatic N) is 5. The average Bonchev–Trinajstić information content (AvgIpc) is 3.23. The lowest BCUT2D eigenvalue weighted by molar-refractivity contribution is 0.0996. The van der Waals surface area contributed by atoms with Gasteiger partial charge in [-0.2, -0.15) is 0 Å². The number of para-hydroxylation sites is 2. The second-order valence-corrected chi connectivity index (χ2v) is 11.2. The summed E-state index contributed by atoms with van der Waals surface area (Å²) in [6.45, 7) is 5.75. The van der Waals surface area contributed by atoms with Gasteiger partial charge in [-0.1, -0.05) is 31.2 Å². The number of rotatable bonds is 6. The van der Waals surface area contributed by atoms with Crippen molar-refractivity contribution in [1.29, 1.82) is 0 Å². The first-order valence-corrected chi connectivity index (χ1v) is 14.0. The number of anilines is 3. The number of aryl methyl sites for hydroxylation is 1. The number of hydrogen-bond acceptors (Lipinski definition) is 7. The summed E-state index contributed by atoms with van der Waals surface area (Å²) < 4.78 is 3.60. The zero-order valence-corrected chi connectivity index (χ0v) is 23.1. The van der Waals surface area contributed by atoms with Crippen LogP contribution < -0.4 is 27.0 Å². The number of benzene rings is 2. The van der Waals surface area contributed by atoms with E-state index >= 15 is 0 Å². The zero-order chi connectivity index (χ0) is 27.9. The molecule has 1 atom stereocenters. The third kappa shape index (κ3) is 4.72. The van der Waals surface area contributed by atoms with E-state index in [1.807, 2.05) is 48.0 Å². The summed E-state index contributed by atoms with van der Waals surface area (Å²) in [5.41, 5.74) is 9.86. The summed E-state index contributed by atoms with van der Waals surface area (Å²) in [5, 5.41) is 6.72. The molecule has 2 aliphatic heterocycles. The summed E-state index contributed by atoms with van der Waals surface area (Å²) in [7, 11) is 1.81. The van der Waals surface area contributed by atoms with Gasteiger partial charge in [0.05, 0.1) is 23.3 Å². The first kappa shape index (κ1) is 26.1. The van der Waals surface area contributed by atoms with Crippen LogP contribution in [-0.2, 0) is 12.5 Å². The predicted octanol–water partition coefficient (Wildman–Crippen LogP) is 3.46. The highest BCUT2D eigenvalue weighted by molar-refractivity contribution is 5.96. The molecule has 2 saturated heterocycles. The SMILES string of the molecule is Cn1c(=O)n(C2CCCN(c3cnc(C(N)=O)c(Nc4ccc(C5(C)CCNCC5)cc4)n3)C2)c2ccccc21. The Bertz CT molecular complexity index is 1600. The van der Waals surface area contributed by atoms with Crippen LogP contribution in [0.25, 0.3) is 11.0 Å². The van der Waals surface area contributed by atoms with Gasteiger partial charge in [0.2, 0.25) is 0 Å². The average molecular weight is 541 g/mol. The van der Waals surface area contributed by atoms with Gasteiger partial charge in [-0.3, -0.25) is 13.9 Å². The third-order valence-corrected chi connectivity index (χ3v) is 8.63. The van der Waals surface area contributed by atoms with Crippen molar-refractivity contribution in [3.05, 3.63) is 76.5 Å². The first-order valence-electron chi connectivity index (χ1n) is 14.0. The minimum atomic E-state index is -0.640. The van der Waals surface area contributed by atoms with Crippen LogP contribution in [0.1, 0.15) is 54.7 Å². The Kier molecular flexibility index (Phi) is 6.79. The van der Waals surface area contributed by atoms with Gasteiger partial charge in [0.25, 0.3) is 5.91 Å². The van der Waals surface area contributed by atoms with E-state index in [0.29, 0.717) is 18.2 Å². The highest BCUT2D eigenvalue weighted by Gasteiger charge is 2.29. The van der Waals surface area contributed by atoms with E-state index in [9.17, 15) is 9.59 Å².